The fraction of sp³-hybridized carbons (Fsp3) is 0.467. The van der Waals surface area contributed by atoms with Gasteiger partial charge >= 0.3 is 11.9 Å². The van der Waals surface area contributed by atoms with E-state index in [1.165, 1.54) is 0 Å². The summed E-state index contributed by atoms with van der Waals surface area (Å²) in [4.78, 5) is 37.4. The molecule has 8 heteroatoms. The number of hydrogen-bond acceptors (Lipinski definition) is 6. The van der Waals surface area contributed by atoms with Gasteiger partial charge in [0.1, 0.15) is 12.3 Å². The van der Waals surface area contributed by atoms with Gasteiger partial charge < -0.3 is 20.3 Å². The Kier molecular flexibility index (Phi) is 7.52. The molecule has 0 aliphatic rings. The zero-order valence-electron chi connectivity index (χ0n) is 12.9. The third-order valence-corrected chi connectivity index (χ3v) is 2.95. The number of pyridine rings is 1. The number of carbonyl (C=O) groups excluding carboxylic acids is 2. The number of unbranched alkanes of at least 4 members (excludes halogenated alkanes) is 3. The van der Waals surface area contributed by atoms with Crippen LogP contribution >= 0.6 is 0 Å². The lowest BCUT2D eigenvalue weighted by atomic mass is 10.2. The first kappa shape index (κ1) is 18.4. The molecule has 0 aliphatic carbocycles. The van der Waals surface area contributed by atoms with E-state index in [1.54, 1.807) is 0 Å². The fourth-order valence-corrected chi connectivity index (χ4v) is 1.76. The number of nitrogens with one attached hydrogen (secondary N) is 1. The first-order valence-electron chi connectivity index (χ1n) is 7.31. The third-order valence-electron chi connectivity index (χ3n) is 2.95. The predicted molar refractivity (Wildman–Crippen MR) is 80.3 cm³/mol. The average Bonchev–Trinajstić information content (AvgIpc) is 2.52. The SMILES string of the molecule is CCCCCCOC(=O)c1cnc(C(=O)NCC(=O)O)c(O)c1. The number of aromatic nitrogens is 1. The van der Waals surface area contributed by atoms with Gasteiger partial charge in [0.2, 0.25) is 0 Å². The molecule has 0 aromatic carbocycles. The van der Waals surface area contributed by atoms with Crippen molar-refractivity contribution in [3.05, 3.63) is 23.5 Å². The monoisotopic (exact) mass is 324 g/mol. The van der Waals surface area contributed by atoms with E-state index in [9.17, 15) is 19.5 Å². The van der Waals surface area contributed by atoms with Crippen LogP contribution in [0.1, 0.15) is 53.5 Å². The Morgan fingerprint density at radius 1 is 1.26 bits per heavy atom. The van der Waals surface area contributed by atoms with Gasteiger partial charge in [0.05, 0.1) is 12.2 Å². The van der Waals surface area contributed by atoms with Crippen molar-refractivity contribution >= 4 is 17.8 Å². The maximum atomic E-state index is 11.8. The highest BCUT2D eigenvalue weighted by molar-refractivity contribution is 5.97. The van der Waals surface area contributed by atoms with Crippen molar-refractivity contribution in [2.24, 2.45) is 0 Å². The summed E-state index contributed by atoms with van der Waals surface area (Å²) < 4.78 is 5.04. The number of ether oxygens (including phenoxy) is 1. The van der Waals surface area contributed by atoms with Gasteiger partial charge in [-0.2, -0.15) is 0 Å². The number of amides is 1. The fourth-order valence-electron chi connectivity index (χ4n) is 1.76. The molecule has 0 atom stereocenters. The minimum atomic E-state index is -1.22. The van der Waals surface area contributed by atoms with Crippen LogP contribution < -0.4 is 5.32 Å². The molecule has 0 aliphatic heterocycles. The largest absolute Gasteiger partial charge is 0.505 e. The quantitative estimate of drug-likeness (QED) is 0.462. The molecule has 3 N–H and O–H groups in total. The van der Waals surface area contributed by atoms with Crippen molar-refractivity contribution in [3.63, 3.8) is 0 Å². The van der Waals surface area contributed by atoms with Gasteiger partial charge in [-0.05, 0) is 12.5 Å². The molecule has 0 saturated heterocycles. The number of esters is 1. The molecular weight excluding hydrogens is 304 g/mol. The molecule has 0 unspecified atom stereocenters. The van der Waals surface area contributed by atoms with Gasteiger partial charge in [-0.25, -0.2) is 9.78 Å². The first-order chi connectivity index (χ1) is 11.0. The van der Waals surface area contributed by atoms with Crippen molar-refractivity contribution in [2.45, 2.75) is 32.6 Å². The van der Waals surface area contributed by atoms with E-state index in [2.05, 4.69) is 17.2 Å². The first-order valence-corrected chi connectivity index (χ1v) is 7.31. The van der Waals surface area contributed by atoms with Crippen LogP contribution in [-0.4, -0.2) is 46.2 Å². The normalized spacial score (nSPS) is 10.1. The van der Waals surface area contributed by atoms with E-state index in [0.717, 1.165) is 37.9 Å². The maximum absolute atomic E-state index is 11.8. The number of carboxylic acids is 1. The number of carbonyl (C=O) groups is 3. The standard InChI is InChI=1S/C15H20N2O6/c1-2-3-4-5-6-23-15(22)10-7-11(18)13(16-8-10)14(21)17-9-12(19)20/h7-8,18H,2-6,9H2,1H3,(H,17,21)(H,19,20). The number of aliphatic carboxylic acids is 1. The second kappa shape index (κ2) is 9.39. The predicted octanol–water partition coefficient (Wildman–Crippen LogP) is 1.34. The van der Waals surface area contributed by atoms with E-state index in [1.807, 2.05) is 0 Å². The van der Waals surface area contributed by atoms with Crippen molar-refractivity contribution in [2.75, 3.05) is 13.2 Å². The average molecular weight is 324 g/mol. The van der Waals surface area contributed by atoms with Crippen LogP contribution in [0, 0.1) is 0 Å². The summed E-state index contributed by atoms with van der Waals surface area (Å²) in [6, 6.07) is 1.07. The molecule has 126 valence electrons. The summed E-state index contributed by atoms with van der Waals surface area (Å²) in [5, 5.41) is 20.3. The number of aromatic hydroxyl groups is 1. The van der Waals surface area contributed by atoms with Crippen LogP contribution in [0.15, 0.2) is 12.3 Å². The molecule has 23 heavy (non-hydrogen) atoms. The molecule has 0 fully saturated rings. The highest BCUT2D eigenvalue weighted by Gasteiger charge is 2.17. The zero-order valence-corrected chi connectivity index (χ0v) is 12.9. The Morgan fingerprint density at radius 2 is 2.00 bits per heavy atom. The van der Waals surface area contributed by atoms with Crippen LogP contribution in [0.4, 0.5) is 0 Å². The summed E-state index contributed by atoms with van der Waals surface area (Å²) in [6.45, 7) is 1.76. The van der Waals surface area contributed by atoms with Gasteiger partial charge in [0.25, 0.3) is 5.91 Å². The molecule has 8 nitrogen and oxygen atoms in total. The lowest BCUT2D eigenvalue weighted by Gasteiger charge is -2.07. The minimum absolute atomic E-state index is 0.0211. The van der Waals surface area contributed by atoms with Crippen LogP contribution in [-0.2, 0) is 9.53 Å². The van der Waals surface area contributed by atoms with Crippen LogP contribution in [0.2, 0.25) is 0 Å². The molecule has 0 bridgehead atoms. The van der Waals surface area contributed by atoms with Crippen LogP contribution in [0.25, 0.3) is 0 Å². The number of carboxylic acid groups (broad SMARTS) is 1. The highest BCUT2D eigenvalue weighted by Crippen LogP contribution is 2.16. The molecule has 1 rings (SSSR count). The van der Waals surface area contributed by atoms with E-state index in [0.29, 0.717) is 0 Å². The third kappa shape index (κ3) is 6.33. The van der Waals surface area contributed by atoms with Crippen molar-refractivity contribution in [1.29, 1.82) is 0 Å². The Hall–Kier alpha value is -2.64. The molecule has 1 amide bonds. The molecule has 1 aromatic heterocycles. The second-order valence-electron chi connectivity index (χ2n) is 4.86. The number of nitrogens with zero attached hydrogens (tertiary/aromatic N) is 1. The molecule has 0 radical (unpaired) electrons. The zero-order chi connectivity index (χ0) is 17.2. The van der Waals surface area contributed by atoms with Crippen molar-refractivity contribution in [1.82, 2.24) is 10.3 Å². The molecule has 1 heterocycles. The second-order valence-corrected chi connectivity index (χ2v) is 4.86. The van der Waals surface area contributed by atoms with Crippen LogP contribution in [0.5, 0.6) is 5.75 Å². The Balaban J connectivity index is 2.59. The molecule has 0 saturated carbocycles. The molecule has 0 spiro atoms. The van der Waals surface area contributed by atoms with E-state index >= 15 is 0 Å². The van der Waals surface area contributed by atoms with E-state index < -0.39 is 30.1 Å². The topological polar surface area (TPSA) is 126 Å². The summed E-state index contributed by atoms with van der Waals surface area (Å²) in [5.41, 5.74) is -0.335. The lowest BCUT2D eigenvalue weighted by molar-refractivity contribution is -0.135. The van der Waals surface area contributed by atoms with Gasteiger partial charge in [-0.15, -0.1) is 0 Å². The van der Waals surface area contributed by atoms with Crippen molar-refractivity contribution < 1.29 is 29.3 Å². The highest BCUT2D eigenvalue weighted by atomic mass is 16.5. The van der Waals surface area contributed by atoms with Gasteiger partial charge in [0.15, 0.2) is 5.69 Å². The Morgan fingerprint density at radius 3 is 2.61 bits per heavy atom. The Labute approximate surface area is 133 Å². The van der Waals surface area contributed by atoms with Gasteiger partial charge in [-0.3, -0.25) is 9.59 Å². The van der Waals surface area contributed by atoms with E-state index in [-0.39, 0.29) is 17.9 Å². The molecule has 1 aromatic rings. The van der Waals surface area contributed by atoms with Crippen LogP contribution in [0.3, 0.4) is 0 Å². The molecular formula is C15H20N2O6. The van der Waals surface area contributed by atoms with Crippen molar-refractivity contribution in [3.8, 4) is 5.75 Å². The number of hydrogen-bond donors (Lipinski definition) is 3. The van der Waals surface area contributed by atoms with Gasteiger partial charge in [0, 0.05) is 6.20 Å². The summed E-state index contributed by atoms with van der Waals surface area (Å²) in [7, 11) is 0. The van der Waals surface area contributed by atoms with E-state index in [4.69, 9.17) is 9.84 Å². The smallest absolute Gasteiger partial charge is 0.339 e. The maximum Gasteiger partial charge on any atom is 0.339 e. The summed E-state index contributed by atoms with van der Waals surface area (Å²) in [5.74, 6) is -3.22. The number of rotatable bonds is 9. The summed E-state index contributed by atoms with van der Waals surface area (Å²) in [6.07, 6.45) is 4.98. The minimum Gasteiger partial charge on any atom is -0.505 e. The van der Waals surface area contributed by atoms with Gasteiger partial charge in [-0.1, -0.05) is 26.2 Å². The lowest BCUT2D eigenvalue weighted by Crippen LogP contribution is -2.30. The Bertz CT molecular complexity index is 573. The summed E-state index contributed by atoms with van der Waals surface area (Å²) >= 11 is 0.